The minimum absolute atomic E-state index is 0.435. The second kappa shape index (κ2) is 36.0. The Balaban J connectivity index is 5.19. The molecule has 0 aliphatic rings. The zero-order valence-electron chi connectivity index (χ0n) is 43.6. The summed E-state index contributed by atoms with van der Waals surface area (Å²) in [5.74, 6) is -16.1. The molecule has 37 heteroatoms. The average Bonchev–Trinajstić information content (AvgIpc) is 3.36. The van der Waals surface area contributed by atoms with Crippen LogP contribution in [0.4, 0.5) is 0 Å². The van der Waals surface area contributed by atoms with Crippen LogP contribution in [-0.4, -0.2) is 256 Å². The molecule has 0 aromatic rings. The van der Waals surface area contributed by atoms with E-state index < -0.39 is 220 Å². The topological polar surface area (TPSA) is 592 Å². The van der Waals surface area contributed by atoms with Crippen LogP contribution >= 0.6 is 0 Å². The molecule has 446 valence electrons. The number of hydrogen-bond acceptors (Lipinski definition) is 22. The van der Waals surface area contributed by atoms with Gasteiger partial charge in [0.05, 0.1) is 89.0 Å². The number of hydrogen-bond donors (Lipinski definition) is 22. The molecule has 0 rings (SSSR count). The molecule has 0 radical (unpaired) electrons. The van der Waals surface area contributed by atoms with E-state index in [1.807, 2.05) is 5.32 Å². The second-order valence-corrected chi connectivity index (χ2v) is 17.2. The van der Waals surface area contributed by atoms with E-state index in [0.29, 0.717) is 0 Å². The second-order valence-electron chi connectivity index (χ2n) is 17.2. The number of rotatable bonds is 35. The van der Waals surface area contributed by atoms with Crippen molar-refractivity contribution in [3.8, 4) is 0 Å². The molecule has 0 spiro atoms. The number of aliphatic hydroxyl groups excluding tert-OH is 6. The van der Waals surface area contributed by atoms with Crippen molar-refractivity contribution in [3.63, 3.8) is 0 Å². The standard InChI is InChI=1S/C42H71N15O22/c1-16(58)31(37(74)48-8-23(65)46-13-28(70)55-36(21(6)63)42(79)57-34(19(4)61)40(77)50-10-25(67)47-15-30(72)73)53-29(71)14-51-38(75)32(17(2)59)52-27(69)12-45-24(66)9-49-39(76)33(18(3)60)56-41(78)35(20(5)62)54-26(68)11-44-22(64)7-43/h16-21,31-36,58-63H,7-15,43H2,1-6H3,(H,44,64)(H,45,66)(H,46,65)(H,47,67)(H,48,74)(H,49,76)(H,50,77)(H,51,75)(H,52,69)(H,53,71)(H,54,68)(H,55,70)(H,56,78)(H,57,79)(H,72,73). The lowest BCUT2D eigenvalue weighted by atomic mass is 10.1. The summed E-state index contributed by atoms with van der Waals surface area (Å²) in [6.45, 7) is -0.416. The first-order valence-electron chi connectivity index (χ1n) is 23.7. The SMILES string of the molecule is CC(O)C(NC(=O)CNC(=O)CNC(=O)C(NC(=O)C(NC(=O)CNC(=O)CN)C(C)O)C(C)O)C(=O)NCC(=O)NC(C(=O)NCC(=O)NCC(=O)NC(C(=O)NC(C(=O)NCC(=O)NCC(=O)O)C(C)O)C(C)O)C(C)O. The maximum Gasteiger partial charge on any atom is 0.322 e. The normalized spacial score (nSPS) is 15.3. The van der Waals surface area contributed by atoms with E-state index in [0.717, 1.165) is 41.5 Å². The van der Waals surface area contributed by atoms with Crippen molar-refractivity contribution < 1.29 is 108 Å². The molecule has 0 aromatic carbocycles. The van der Waals surface area contributed by atoms with Crippen LogP contribution in [0.3, 0.4) is 0 Å². The Labute approximate surface area is 449 Å². The predicted octanol–water partition coefficient (Wildman–Crippen LogP) is -14.8. The first-order valence-corrected chi connectivity index (χ1v) is 23.7. The van der Waals surface area contributed by atoms with E-state index in [4.69, 9.17) is 10.8 Å². The molecule has 0 fully saturated rings. The summed E-state index contributed by atoms with van der Waals surface area (Å²) in [6.07, 6.45) is -9.63. The monoisotopic (exact) mass is 1140 g/mol. The molecule has 12 atom stereocenters. The maximum atomic E-state index is 12.9. The third kappa shape index (κ3) is 28.6. The predicted molar refractivity (Wildman–Crippen MR) is 262 cm³/mol. The van der Waals surface area contributed by atoms with Gasteiger partial charge in [0.25, 0.3) is 0 Å². The average molecular weight is 1140 g/mol. The van der Waals surface area contributed by atoms with E-state index in [-0.39, 0.29) is 0 Å². The van der Waals surface area contributed by atoms with Gasteiger partial charge in [0.15, 0.2) is 0 Å². The molecular formula is C42H71N15O22. The quantitative estimate of drug-likeness (QED) is 0.0280. The number of carbonyl (C=O) groups is 15. The van der Waals surface area contributed by atoms with Crippen molar-refractivity contribution in [1.82, 2.24) is 74.4 Å². The summed E-state index contributed by atoms with van der Waals surface area (Å²) in [5.41, 5.74) is 5.14. The Morgan fingerprint density at radius 3 is 0.696 bits per heavy atom. The highest BCUT2D eigenvalue weighted by Gasteiger charge is 2.35. The van der Waals surface area contributed by atoms with Gasteiger partial charge in [-0.3, -0.25) is 71.9 Å². The third-order valence-corrected chi connectivity index (χ3v) is 10.1. The molecule has 37 nitrogen and oxygen atoms in total. The van der Waals surface area contributed by atoms with E-state index >= 15 is 0 Å². The summed E-state index contributed by atoms with van der Waals surface area (Å²) in [5, 5.41) is 98.6. The van der Waals surface area contributed by atoms with Crippen molar-refractivity contribution in [2.45, 2.75) is 114 Å². The molecule has 0 heterocycles. The Morgan fingerprint density at radius 1 is 0.278 bits per heavy atom. The minimum atomic E-state index is -1.79. The Morgan fingerprint density at radius 2 is 0.468 bits per heavy atom. The molecule has 14 amide bonds. The molecule has 23 N–H and O–H groups in total. The minimum Gasteiger partial charge on any atom is -0.480 e. The fourth-order valence-electron chi connectivity index (χ4n) is 5.90. The number of aliphatic hydroxyl groups is 6. The molecule has 79 heavy (non-hydrogen) atoms. The first kappa shape index (κ1) is 70.8. The number of nitrogens with one attached hydrogen (secondary N) is 14. The number of nitrogens with two attached hydrogens (primary N) is 1. The van der Waals surface area contributed by atoms with Crippen LogP contribution in [0.1, 0.15) is 41.5 Å². The lowest BCUT2D eigenvalue weighted by Gasteiger charge is -2.26. The summed E-state index contributed by atoms with van der Waals surface area (Å²) in [7, 11) is 0. The molecule has 12 unspecified atom stereocenters. The number of aliphatic carboxylic acids is 1. The summed E-state index contributed by atoms with van der Waals surface area (Å²) in [4.78, 5) is 185. The Kier molecular flexibility index (Phi) is 32.2. The van der Waals surface area contributed by atoms with Gasteiger partial charge < -0.3 is 116 Å². The smallest absolute Gasteiger partial charge is 0.322 e. The van der Waals surface area contributed by atoms with Crippen molar-refractivity contribution >= 4 is 88.7 Å². The van der Waals surface area contributed by atoms with E-state index in [9.17, 15) is 103 Å². The van der Waals surface area contributed by atoms with Crippen LogP contribution in [0.5, 0.6) is 0 Å². The van der Waals surface area contributed by atoms with Gasteiger partial charge in [-0.05, 0) is 41.5 Å². The van der Waals surface area contributed by atoms with Gasteiger partial charge in [-0.25, -0.2) is 0 Å². The highest BCUT2D eigenvalue weighted by atomic mass is 16.4. The number of carboxylic acid groups (broad SMARTS) is 1. The lowest BCUT2D eigenvalue weighted by molar-refractivity contribution is -0.138. The van der Waals surface area contributed by atoms with Crippen LogP contribution in [0, 0.1) is 0 Å². The van der Waals surface area contributed by atoms with Gasteiger partial charge in [-0.2, -0.15) is 0 Å². The first-order chi connectivity index (χ1) is 36.7. The van der Waals surface area contributed by atoms with Gasteiger partial charge in [-0.15, -0.1) is 0 Å². The maximum absolute atomic E-state index is 12.9. The highest BCUT2D eigenvalue weighted by Crippen LogP contribution is 2.02. The third-order valence-electron chi connectivity index (χ3n) is 10.1. The Bertz CT molecular complexity index is 2190. The van der Waals surface area contributed by atoms with Crippen LogP contribution in [0.2, 0.25) is 0 Å². The molecule has 0 aliphatic carbocycles. The van der Waals surface area contributed by atoms with Crippen molar-refractivity contribution in [1.29, 1.82) is 0 Å². The zero-order valence-corrected chi connectivity index (χ0v) is 43.6. The van der Waals surface area contributed by atoms with Crippen molar-refractivity contribution in [2.24, 2.45) is 5.73 Å². The summed E-state index contributed by atoms with van der Waals surface area (Å²) >= 11 is 0. The number of carbonyl (C=O) groups excluding carboxylic acids is 14. The van der Waals surface area contributed by atoms with E-state index in [2.05, 4.69) is 69.1 Å². The molecular weight excluding hydrogens is 1070 g/mol. The molecule has 0 saturated carbocycles. The largest absolute Gasteiger partial charge is 0.480 e. The van der Waals surface area contributed by atoms with Crippen LogP contribution in [0.15, 0.2) is 0 Å². The summed E-state index contributed by atoms with van der Waals surface area (Å²) < 4.78 is 0. The fourth-order valence-corrected chi connectivity index (χ4v) is 5.90. The van der Waals surface area contributed by atoms with Gasteiger partial charge in [-0.1, -0.05) is 0 Å². The van der Waals surface area contributed by atoms with Crippen LogP contribution < -0.4 is 80.2 Å². The van der Waals surface area contributed by atoms with Gasteiger partial charge >= 0.3 is 5.97 Å². The van der Waals surface area contributed by atoms with E-state index in [1.54, 1.807) is 0 Å². The molecule has 0 bridgehead atoms. The van der Waals surface area contributed by atoms with Gasteiger partial charge in [0.2, 0.25) is 82.7 Å². The van der Waals surface area contributed by atoms with Gasteiger partial charge in [0, 0.05) is 0 Å². The number of amides is 14. The van der Waals surface area contributed by atoms with E-state index in [1.165, 1.54) is 0 Å². The summed E-state index contributed by atoms with van der Waals surface area (Å²) in [6, 6.07) is -10.5. The van der Waals surface area contributed by atoms with Crippen LogP contribution in [0.25, 0.3) is 0 Å². The molecule has 0 aromatic heterocycles. The van der Waals surface area contributed by atoms with Crippen molar-refractivity contribution in [2.75, 3.05) is 58.9 Å². The van der Waals surface area contributed by atoms with Crippen LogP contribution in [-0.2, 0) is 71.9 Å². The molecule has 0 aliphatic heterocycles. The lowest BCUT2D eigenvalue weighted by Crippen LogP contribution is -2.60. The van der Waals surface area contributed by atoms with Crippen molar-refractivity contribution in [3.05, 3.63) is 0 Å². The number of carboxylic acids is 1. The highest BCUT2D eigenvalue weighted by molar-refractivity contribution is 5.98. The Hall–Kier alpha value is -8.23. The molecule has 0 saturated heterocycles. The fraction of sp³-hybridized carbons (Fsp3) is 0.643. The van der Waals surface area contributed by atoms with Gasteiger partial charge in [0.1, 0.15) is 42.8 Å². The zero-order chi connectivity index (χ0) is 60.9.